The van der Waals surface area contributed by atoms with Gasteiger partial charge in [0.05, 0.1) is 29.9 Å². The predicted octanol–water partition coefficient (Wildman–Crippen LogP) is 23.7. The monoisotopic (exact) mass is 1260 g/mol. The highest BCUT2D eigenvalue weighted by Gasteiger charge is 2.49. The Hall–Kier alpha value is -6.28. The average molecular weight is 1260 g/mol. The van der Waals surface area contributed by atoms with Crippen molar-refractivity contribution in [2.45, 2.75) is 210 Å². The fraction of sp³-hybridized carbons (Fsp3) is 0.446. The Morgan fingerprint density at radius 3 is 1.43 bits per heavy atom. The van der Waals surface area contributed by atoms with E-state index < -0.39 is 22.7 Å². The smallest absolute Gasteiger partial charge is 0.218 e. The number of benzene rings is 7. The summed E-state index contributed by atoms with van der Waals surface area (Å²) in [4.78, 5) is 0. The van der Waals surface area contributed by atoms with Crippen molar-refractivity contribution in [3.63, 3.8) is 0 Å². The van der Waals surface area contributed by atoms with Gasteiger partial charge < -0.3 is 28.8 Å². The molecule has 2 N–H and O–H groups in total. The number of aromatic hydroxyl groups is 1. The Morgan fingerprint density at radius 1 is 0.495 bits per heavy atom. The van der Waals surface area contributed by atoms with E-state index >= 15 is 0 Å². The Kier molecular flexibility index (Phi) is 17.6. The lowest BCUT2D eigenvalue weighted by molar-refractivity contribution is -0.179. The third-order valence-corrected chi connectivity index (χ3v) is 19.2. The summed E-state index contributed by atoms with van der Waals surface area (Å²) in [6.45, 7) is 50.2. The van der Waals surface area contributed by atoms with Crippen molar-refractivity contribution in [2.75, 3.05) is 13.2 Å². The third-order valence-electron chi connectivity index (χ3n) is 18.8. The van der Waals surface area contributed by atoms with Crippen LogP contribution in [0.1, 0.15) is 211 Å². The van der Waals surface area contributed by atoms with Crippen molar-refractivity contribution < 1.29 is 19.7 Å². The molecule has 2 aromatic heterocycles. The number of phenolic OH excluding ortho intramolecular Hbond substituents is 1. The van der Waals surface area contributed by atoms with Gasteiger partial charge in [-0.3, -0.25) is 0 Å². The number of ether oxygens (including phenoxy) is 2. The first-order chi connectivity index (χ1) is 42.0. The van der Waals surface area contributed by atoms with Gasteiger partial charge in [-0.25, -0.2) is 0 Å². The quantitative estimate of drug-likeness (QED) is 0.0841. The van der Waals surface area contributed by atoms with E-state index in [0.29, 0.717) is 44.6 Å². The summed E-state index contributed by atoms with van der Waals surface area (Å²) >= 11 is 14.1. The van der Waals surface area contributed by atoms with Crippen molar-refractivity contribution >= 4 is 72.4 Å². The van der Waals surface area contributed by atoms with E-state index in [2.05, 4.69) is 265 Å². The minimum Gasteiger partial charge on any atom is -0.505 e. The van der Waals surface area contributed by atoms with Gasteiger partial charge in [-0.1, -0.05) is 230 Å². The first-order valence-corrected chi connectivity index (χ1v) is 33.8. The summed E-state index contributed by atoms with van der Waals surface area (Å²) in [5.41, 5.74) is 13.3. The van der Waals surface area contributed by atoms with Crippen LogP contribution in [0.5, 0.6) is 11.5 Å². The predicted molar refractivity (Wildman–Crippen MR) is 390 cm³/mol. The molecule has 91 heavy (non-hydrogen) atoms. The summed E-state index contributed by atoms with van der Waals surface area (Å²) in [6, 6.07) is 44.4. The van der Waals surface area contributed by atoms with E-state index in [0.717, 1.165) is 73.2 Å². The van der Waals surface area contributed by atoms with Gasteiger partial charge in [-0.15, -0.1) is 0 Å². The molecule has 0 amide bonds. The van der Waals surface area contributed by atoms with E-state index in [9.17, 15) is 10.2 Å². The van der Waals surface area contributed by atoms with Crippen molar-refractivity contribution in [1.82, 2.24) is 9.13 Å². The molecule has 0 spiro atoms. The van der Waals surface area contributed by atoms with Crippen molar-refractivity contribution in [3.05, 3.63) is 189 Å². The van der Waals surface area contributed by atoms with Crippen LogP contribution in [0.15, 0.2) is 145 Å². The largest absolute Gasteiger partial charge is 0.505 e. The van der Waals surface area contributed by atoms with Crippen LogP contribution in [0, 0.1) is 16.2 Å². The lowest BCUT2D eigenvalue weighted by Crippen LogP contribution is -2.46. The highest BCUT2D eigenvalue weighted by Crippen LogP contribution is 2.55. The Bertz CT molecular complexity index is 4190. The maximum atomic E-state index is 14.4. The molecule has 0 bridgehead atoms. The summed E-state index contributed by atoms with van der Waals surface area (Å²) in [5.74, 6) is -1.20. The first kappa shape index (κ1) is 67.6. The van der Waals surface area contributed by atoms with Crippen LogP contribution in [0.25, 0.3) is 66.0 Å². The number of allylic oxidation sites excluding steroid dienone is 2. The van der Waals surface area contributed by atoms with Gasteiger partial charge in [0.1, 0.15) is 17.5 Å². The van der Waals surface area contributed by atoms with Crippen molar-refractivity contribution in [3.8, 4) is 28.3 Å². The van der Waals surface area contributed by atoms with Crippen LogP contribution in [0.3, 0.4) is 0 Å². The van der Waals surface area contributed by atoms with Gasteiger partial charge in [0, 0.05) is 65.7 Å². The number of hydrogen-bond acceptors (Lipinski definition) is 4. The average Bonchev–Trinajstić information content (AvgIpc) is 1.69. The first-order valence-electron chi connectivity index (χ1n) is 33.0. The fourth-order valence-corrected chi connectivity index (χ4v) is 15.3. The van der Waals surface area contributed by atoms with Gasteiger partial charge in [0.2, 0.25) is 5.79 Å². The van der Waals surface area contributed by atoms with Crippen LogP contribution in [-0.4, -0.2) is 38.3 Å². The molecule has 0 aliphatic heterocycles. The Morgan fingerprint density at radius 2 is 0.956 bits per heavy atom. The molecule has 9 aromatic rings. The highest BCUT2D eigenvalue weighted by atomic mass is 35.5. The topological polar surface area (TPSA) is 68.8 Å². The van der Waals surface area contributed by atoms with Gasteiger partial charge in [0.25, 0.3) is 0 Å². The molecule has 0 saturated carbocycles. The molecule has 1 aliphatic rings. The van der Waals surface area contributed by atoms with Gasteiger partial charge in [0.15, 0.2) is 0 Å². The third kappa shape index (κ3) is 13.5. The summed E-state index contributed by atoms with van der Waals surface area (Å²) in [7, 11) is 0. The second kappa shape index (κ2) is 23.6. The lowest BCUT2D eigenvalue weighted by Gasteiger charge is -2.45. The number of phenols is 1. The molecule has 0 saturated heterocycles. The Labute approximate surface area is 554 Å². The standard InChI is InChI=1S/C83H102Cl2N2O4/c1-75(2,3)49-81(19,20)63-32-38-69(86-65-34-27-52(77(7,8)9)44-58(65)59-45-53(78(10,11)12)28-35-66(59)86)74(88)72(63)62-48-57(85)31-39-70(62)90-41-24-42-91-83(89)71(40-33-64(82(21,22)50-76(4,5)6)73(83)51-25-23-26-56(84)43-51)87-67-36-29-54(79(13,14)15)46-60(67)61-47-55(80(16,17)18)30-37-68(61)87/h23,25-40,43-48,71,88-89H,24,41-42,49-50H2,1-22H3. The van der Waals surface area contributed by atoms with Crippen LogP contribution >= 0.6 is 23.2 Å². The summed E-state index contributed by atoms with van der Waals surface area (Å²) in [5, 5.41) is 33.5. The molecule has 8 heteroatoms. The van der Waals surface area contributed by atoms with Crippen molar-refractivity contribution in [1.29, 1.82) is 0 Å². The number of rotatable bonds is 14. The minimum absolute atomic E-state index is 0.0413. The SMILES string of the molecule is CC(C)(C)CC(C)(C)C1=C(c2cccc(Cl)c2)C(O)(OCCCOc2ccc(Cl)cc2-c2c(C(C)(C)CC(C)(C)C)ccc(-n3c4ccc(C(C)(C)C)cc4c4cc(C(C)(C)C)ccc43)c2O)C(n2c3ccc(C(C)(C)C)cc3c3cc(C(C)(C)C)ccc32)C=C1. The number of nitrogens with zero attached hydrogens (tertiary/aromatic N) is 2. The molecule has 7 aromatic carbocycles. The van der Waals surface area contributed by atoms with E-state index in [4.69, 9.17) is 32.7 Å². The second-order valence-electron chi connectivity index (χ2n) is 34.2. The number of aliphatic hydroxyl groups is 1. The number of hydrogen-bond donors (Lipinski definition) is 2. The van der Waals surface area contributed by atoms with E-state index in [1.54, 1.807) is 0 Å². The molecule has 1 aliphatic carbocycles. The number of halogens is 2. The number of aromatic nitrogens is 2. The molecular weight excluding hydrogens is 1160 g/mol. The normalized spacial score (nSPS) is 16.8. The molecule has 2 unspecified atom stereocenters. The van der Waals surface area contributed by atoms with Crippen LogP contribution in [-0.2, 0) is 31.8 Å². The zero-order valence-electron chi connectivity index (χ0n) is 58.8. The fourth-order valence-electron chi connectivity index (χ4n) is 15.0. The van der Waals surface area contributed by atoms with E-state index in [-0.39, 0.29) is 51.5 Å². The van der Waals surface area contributed by atoms with Crippen LogP contribution in [0.4, 0.5) is 0 Å². The minimum atomic E-state index is -1.92. The van der Waals surface area contributed by atoms with Gasteiger partial charge in [-0.2, -0.15) is 0 Å². The molecule has 6 nitrogen and oxygen atoms in total. The molecule has 10 rings (SSSR count). The highest BCUT2D eigenvalue weighted by molar-refractivity contribution is 6.31. The Balaban J connectivity index is 1.10. The van der Waals surface area contributed by atoms with E-state index in [1.807, 2.05) is 36.4 Å². The maximum absolute atomic E-state index is 14.4. The zero-order chi connectivity index (χ0) is 66.7. The zero-order valence-corrected chi connectivity index (χ0v) is 60.3. The summed E-state index contributed by atoms with van der Waals surface area (Å²) in [6.07, 6.45) is 6.50. The second-order valence-corrected chi connectivity index (χ2v) is 35.1. The van der Waals surface area contributed by atoms with Gasteiger partial charge in [-0.05, 0) is 180 Å². The lowest BCUT2D eigenvalue weighted by atomic mass is 9.67. The molecule has 2 heterocycles. The van der Waals surface area contributed by atoms with Crippen LogP contribution in [0.2, 0.25) is 10.0 Å². The summed E-state index contributed by atoms with van der Waals surface area (Å²) < 4.78 is 18.9. The molecule has 0 fully saturated rings. The molecule has 482 valence electrons. The van der Waals surface area contributed by atoms with Crippen LogP contribution < -0.4 is 4.74 Å². The molecular formula is C83H102Cl2N2O4. The molecule has 2 atom stereocenters. The number of fused-ring (bicyclic) bond motifs is 6. The van der Waals surface area contributed by atoms with E-state index in [1.165, 1.54) is 22.3 Å². The maximum Gasteiger partial charge on any atom is 0.218 e. The van der Waals surface area contributed by atoms with Gasteiger partial charge >= 0.3 is 0 Å². The molecule has 0 radical (unpaired) electrons. The van der Waals surface area contributed by atoms with Crippen molar-refractivity contribution in [2.24, 2.45) is 16.2 Å².